The van der Waals surface area contributed by atoms with Crippen molar-refractivity contribution in [1.29, 1.82) is 0 Å². The third-order valence-electron chi connectivity index (χ3n) is 5.25. The standard InChI is InChI=1S/C25H25ClN4OS2/c1-16(2)14-17-5-7-18(8-6-17)23(21-4-3-13-33-21)27-22(31)15-30-24(28-29-25(30)32)19-9-11-20(26)12-10-19/h3-13,16,23H,14-15H2,1-2H3,(H,27,31)(H,29,32). The zero-order chi connectivity index (χ0) is 23.4. The molecule has 0 aliphatic carbocycles. The van der Waals surface area contributed by atoms with E-state index in [0.717, 1.165) is 22.4 Å². The fourth-order valence-corrected chi connectivity index (χ4v) is 4.85. The Kier molecular flexibility index (Phi) is 7.42. The maximum atomic E-state index is 13.2. The third-order valence-corrected chi connectivity index (χ3v) is 6.75. The van der Waals surface area contributed by atoms with Crippen LogP contribution in [0, 0.1) is 10.7 Å². The quantitative estimate of drug-likeness (QED) is 0.276. The average molecular weight is 497 g/mol. The Hall–Kier alpha value is -2.74. The molecule has 1 amide bonds. The van der Waals surface area contributed by atoms with Crippen LogP contribution in [0.5, 0.6) is 0 Å². The number of hydrogen-bond acceptors (Lipinski definition) is 4. The van der Waals surface area contributed by atoms with Gasteiger partial charge in [0.15, 0.2) is 10.6 Å². The van der Waals surface area contributed by atoms with Crippen molar-refractivity contribution in [3.05, 3.63) is 91.8 Å². The van der Waals surface area contributed by atoms with Crippen LogP contribution in [-0.2, 0) is 17.8 Å². The molecule has 0 bridgehead atoms. The maximum Gasteiger partial charge on any atom is 0.240 e. The molecule has 0 saturated carbocycles. The number of halogens is 1. The minimum Gasteiger partial charge on any atom is -0.343 e. The Morgan fingerprint density at radius 3 is 2.52 bits per heavy atom. The van der Waals surface area contributed by atoms with Crippen molar-refractivity contribution >= 4 is 41.1 Å². The van der Waals surface area contributed by atoms with Gasteiger partial charge in [-0.25, -0.2) is 0 Å². The topological polar surface area (TPSA) is 62.7 Å². The second kappa shape index (κ2) is 10.5. The molecule has 1 atom stereocenters. The van der Waals surface area contributed by atoms with Crippen molar-refractivity contribution in [1.82, 2.24) is 20.1 Å². The normalized spacial score (nSPS) is 12.1. The summed E-state index contributed by atoms with van der Waals surface area (Å²) in [6.07, 6.45) is 1.03. The Balaban J connectivity index is 1.56. The second-order valence-corrected chi connectivity index (χ2v) is 10.1. The highest BCUT2D eigenvalue weighted by molar-refractivity contribution is 7.71. The Bertz CT molecular complexity index is 1260. The predicted molar refractivity (Wildman–Crippen MR) is 137 cm³/mol. The van der Waals surface area contributed by atoms with Crippen LogP contribution in [-0.4, -0.2) is 20.7 Å². The molecule has 0 fully saturated rings. The van der Waals surface area contributed by atoms with Crippen LogP contribution in [0.3, 0.4) is 0 Å². The molecule has 2 aromatic heterocycles. The molecule has 2 heterocycles. The van der Waals surface area contributed by atoms with Crippen LogP contribution in [0.25, 0.3) is 11.4 Å². The minimum atomic E-state index is -0.231. The van der Waals surface area contributed by atoms with E-state index in [2.05, 4.69) is 53.6 Å². The molecule has 2 N–H and O–H groups in total. The summed E-state index contributed by atoms with van der Waals surface area (Å²) in [5.41, 5.74) is 3.17. The first-order chi connectivity index (χ1) is 15.9. The minimum absolute atomic E-state index is 0.0562. The first kappa shape index (κ1) is 23.4. The summed E-state index contributed by atoms with van der Waals surface area (Å²) < 4.78 is 2.09. The molecule has 1 unspecified atom stereocenters. The summed E-state index contributed by atoms with van der Waals surface area (Å²) in [5.74, 6) is 1.04. The van der Waals surface area contributed by atoms with Gasteiger partial charge in [-0.1, -0.05) is 55.8 Å². The van der Waals surface area contributed by atoms with E-state index in [1.165, 1.54) is 5.56 Å². The fourth-order valence-electron chi connectivity index (χ4n) is 3.73. The zero-order valence-electron chi connectivity index (χ0n) is 18.4. The van der Waals surface area contributed by atoms with E-state index in [4.69, 9.17) is 23.8 Å². The SMILES string of the molecule is CC(C)Cc1ccc(C(NC(=O)Cn2c(-c3ccc(Cl)cc3)n[nH]c2=S)c2cccs2)cc1. The summed E-state index contributed by atoms with van der Waals surface area (Å²) >= 11 is 13.0. The van der Waals surface area contributed by atoms with Crippen LogP contribution < -0.4 is 5.32 Å². The van der Waals surface area contributed by atoms with Gasteiger partial charge < -0.3 is 5.32 Å². The number of aromatic amines is 1. The molecule has 4 aromatic rings. The van der Waals surface area contributed by atoms with E-state index in [1.807, 2.05) is 29.6 Å². The number of hydrogen-bond donors (Lipinski definition) is 2. The molecule has 0 saturated heterocycles. The molecule has 0 aliphatic heterocycles. The van der Waals surface area contributed by atoms with E-state index in [9.17, 15) is 4.79 Å². The zero-order valence-corrected chi connectivity index (χ0v) is 20.8. The summed E-state index contributed by atoms with van der Waals surface area (Å²) in [4.78, 5) is 14.2. The van der Waals surface area contributed by atoms with Gasteiger partial charge in [0.05, 0.1) is 6.04 Å². The molecule has 4 rings (SSSR count). The largest absolute Gasteiger partial charge is 0.343 e. The van der Waals surface area contributed by atoms with Crippen molar-refractivity contribution in [3.8, 4) is 11.4 Å². The number of nitrogens with zero attached hydrogens (tertiary/aromatic N) is 2. The summed E-state index contributed by atoms with van der Waals surface area (Å²) in [6, 6.07) is 19.6. The number of amides is 1. The average Bonchev–Trinajstić information content (AvgIpc) is 3.44. The first-order valence-corrected chi connectivity index (χ1v) is 12.4. The number of aromatic nitrogens is 3. The molecule has 0 aliphatic rings. The Morgan fingerprint density at radius 2 is 1.88 bits per heavy atom. The van der Waals surface area contributed by atoms with E-state index in [0.29, 0.717) is 21.5 Å². The number of carbonyl (C=O) groups excluding carboxylic acids is 1. The maximum absolute atomic E-state index is 13.2. The van der Waals surface area contributed by atoms with Crippen molar-refractivity contribution < 1.29 is 4.79 Å². The van der Waals surface area contributed by atoms with E-state index in [-0.39, 0.29) is 18.5 Å². The lowest BCUT2D eigenvalue weighted by atomic mass is 9.99. The van der Waals surface area contributed by atoms with Crippen LogP contribution in [0.2, 0.25) is 5.02 Å². The number of rotatable bonds is 8. The molecule has 8 heteroatoms. The molecule has 0 radical (unpaired) electrons. The van der Waals surface area contributed by atoms with Crippen LogP contribution >= 0.6 is 35.2 Å². The fraction of sp³-hybridized carbons (Fsp3) is 0.240. The smallest absolute Gasteiger partial charge is 0.240 e. The number of thiophene rings is 1. The van der Waals surface area contributed by atoms with Crippen LogP contribution in [0.4, 0.5) is 0 Å². The van der Waals surface area contributed by atoms with Gasteiger partial charge in [0, 0.05) is 15.5 Å². The van der Waals surface area contributed by atoms with Crippen molar-refractivity contribution in [3.63, 3.8) is 0 Å². The van der Waals surface area contributed by atoms with E-state index in [1.54, 1.807) is 28.0 Å². The summed E-state index contributed by atoms with van der Waals surface area (Å²) in [6.45, 7) is 4.48. The van der Waals surface area contributed by atoms with Gasteiger partial charge in [0.1, 0.15) is 6.54 Å². The van der Waals surface area contributed by atoms with Crippen molar-refractivity contribution in [2.24, 2.45) is 5.92 Å². The first-order valence-electron chi connectivity index (χ1n) is 10.7. The Labute approximate surface area is 207 Å². The van der Waals surface area contributed by atoms with E-state index >= 15 is 0 Å². The molecule has 170 valence electrons. The number of benzene rings is 2. The van der Waals surface area contributed by atoms with Crippen LogP contribution in [0.1, 0.15) is 35.9 Å². The van der Waals surface area contributed by atoms with Crippen molar-refractivity contribution in [2.75, 3.05) is 0 Å². The lowest BCUT2D eigenvalue weighted by molar-refractivity contribution is -0.122. The van der Waals surface area contributed by atoms with Gasteiger partial charge in [-0.2, -0.15) is 5.10 Å². The van der Waals surface area contributed by atoms with Gasteiger partial charge in [-0.05, 0) is 71.4 Å². The number of nitrogens with one attached hydrogen (secondary N) is 2. The van der Waals surface area contributed by atoms with Gasteiger partial charge in [-0.3, -0.25) is 14.5 Å². The lowest BCUT2D eigenvalue weighted by Crippen LogP contribution is -2.32. The molecular weight excluding hydrogens is 472 g/mol. The van der Waals surface area contributed by atoms with Crippen LogP contribution in [0.15, 0.2) is 66.0 Å². The predicted octanol–water partition coefficient (Wildman–Crippen LogP) is 6.43. The van der Waals surface area contributed by atoms with Gasteiger partial charge in [0.2, 0.25) is 5.91 Å². The Morgan fingerprint density at radius 1 is 1.15 bits per heavy atom. The van der Waals surface area contributed by atoms with E-state index < -0.39 is 0 Å². The highest BCUT2D eigenvalue weighted by atomic mass is 35.5. The molecule has 2 aromatic carbocycles. The van der Waals surface area contributed by atoms with Crippen molar-refractivity contribution in [2.45, 2.75) is 32.9 Å². The van der Waals surface area contributed by atoms with Gasteiger partial charge in [-0.15, -0.1) is 11.3 Å². The highest BCUT2D eigenvalue weighted by Gasteiger charge is 2.20. The number of H-pyrrole nitrogens is 1. The molecule has 33 heavy (non-hydrogen) atoms. The monoisotopic (exact) mass is 496 g/mol. The molecule has 0 spiro atoms. The molecule has 5 nitrogen and oxygen atoms in total. The third kappa shape index (κ3) is 5.79. The highest BCUT2D eigenvalue weighted by Crippen LogP contribution is 2.27. The van der Waals surface area contributed by atoms with Gasteiger partial charge >= 0.3 is 0 Å². The second-order valence-electron chi connectivity index (χ2n) is 8.30. The van der Waals surface area contributed by atoms with Gasteiger partial charge in [0.25, 0.3) is 0 Å². The summed E-state index contributed by atoms with van der Waals surface area (Å²) in [7, 11) is 0. The summed E-state index contributed by atoms with van der Waals surface area (Å²) in [5, 5.41) is 13.0. The number of carbonyl (C=O) groups is 1. The molecular formula is C25H25ClN4OS2. The lowest BCUT2D eigenvalue weighted by Gasteiger charge is -2.19.